The van der Waals surface area contributed by atoms with Crippen LogP contribution in [0.5, 0.6) is 0 Å². The van der Waals surface area contributed by atoms with Crippen LogP contribution in [-0.2, 0) is 30.7 Å². The van der Waals surface area contributed by atoms with Gasteiger partial charge in [-0.05, 0) is 12.5 Å². The number of ether oxygens (including phenoxy) is 2. The fraction of sp³-hybridized carbons (Fsp3) is 0.562. The molecular formula is C16H19BO5S. The maximum absolute atomic E-state index is 12.4. The highest BCUT2D eigenvalue weighted by Gasteiger charge is 2.69. The number of carbonyl (C=O) groups is 1. The van der Waals surface area contributed by atoms with E-state index in [0.29, 0.717) is 0 Å². The number of rotatable bonds is 4. The molecule has 7 heteroatoms. The molecule has 0 amide bonds. The second kappa shape index (κ2) is 5.63. The molecule has 2 radical (unpaired) electrons. The third-order valence-corrected chi connectivity index (χ3v) is 7.99. The van der Waals surface area contributed by atoms with Crippen LogP contribution >= 0.6 is 0 Å². The molecule has 2 bridgehead atoms. The van der Waals surface area contributed by atoms with Crippen LogP contribution in [0, 0.1) is 5.92 Å². The van der Waals surface area contributed by atoms with Crippen LogP contribution in [0.15, 0.2) is 30.3 Å². The van der Waals surface area contributed by atoms with Crippen molar-refractivity contribution in [2.75, 3.05) is 0 Å². The molecule has 3 rings (SSSR count). The van der Waals surface area contributed by atoms with E-state index < -0.39 is 37.9 Å². The lowest BCUT2D eigenvalue weighted by atomic mass is 9.82. The Balaban J connectivity index is 1.73. The van der Waals surface area contributed by atoms with Gasteiger partial charge in [0.25, 0.3) is 0 Å². The molecule has 5 nitrogen and oxygen atoms in total. The number of esters is 1. The van der Waals surface area contributed by atoms with Crippen molar-refractivity contribution in [1.29, 1.82) is 0 Å². The third kappa shape index (κ3) is 2.50. The van der Waals surface area contributed by atoms with Gasteiger partial charge in [0.15, 0.2) is 9.84 Å². The predicted molar refractivity (Wildman–Crippen MR) is 85.5 cm³/mol. The van der Waals surface area contributed by atoms with Crippen LogP contribution in [0.3, 0.4) is 0 Å². The topological polar surface area (TPSA) is 69.7 Å². The molecule has 0 spiro atoms. The standard InChI is InChI=1S/C16H19BO5S/c1-10-14-15(17)22-16(10,11(2)23(14,19)20)8-13(18)21-9-12-6-4-3-5-7-12/h3-7,10-11,14-15H,8-9H2,1-2H3/t10?,11-,14-,15+,16+/m0/s1. The molecule has 1 aromatic rings. The van der Waals surface area contributed by atoms with E-state index in [1.807, 2.05) is 30.3 Å². The summed E-state index contributed by atoms with van der Waals surface area (Å²) in [6, 6.07) is 8.43. The highest BCUT2D eigenvalue weighted by molar-refractivity contribution is 7.93. The molecule has 1 aromatic carbocycles. The van der Waals surface area contributed by atoms with E-state index in [9.17, 15) is 13.2 Å². The summed E-state index contributed by atoms with van der Waals surface area (Å²) in [4.78, 5) is 12.2. The minimum atomic E-state index is -3.39. The summed E-state index contributed by atoms with van der Waals surface area (Å²) >= 11 is 0. The molecule has 2 heterocycles. The number of carbonyl (C=O) groups excluding carboxylic acids is 1. The van der Waals surface area contributed by atoms with Crippen LogP contribution in [0.2, 0.25) is 0 Å². The highest BCUT2D eigenvalue weighted by atomic mass is 32.2. The summed E-state index contributed by atoms with van der Waals surface area (Å²) in [7, 11) is 2.43. The van der Waals surface area contributed by atoms with Gasteiger partial charge >= 0.3 is 5.97 Å². The zero-order valence-electron chi connectivity index (χ0n) is 13.1. The fourth-order valence-electron chi connectivity index (χ4n) is 3.80. The lowest BCUT2D eigenvalue weighted by Crippen LogP contribution is -2.49. The molecule has 23 heavy (non-hydrogen) atoms. The monoisotopic (exact) mass is 334 g/mol. The average Bonchev–Trinajstić information content (AvgIpc) is 2.83. The Morgan fingerprint density at radius 2 is 1.96 bits per heavy atom. The van der Waals surface area contributed by atoms with Crippen molar-refractivity contribution in [3.63, 3.8) is 0 Å². The first-order valence-electron chi connectivity index (χ1n) is 7.64. The maximum Gasteiger partial charge on any atom is 0.309 e. The van der Waals surface area contributed by atoms with Crippen molar-refractivity contribution in [2.24, 2.45) is 5.92 Å². The third-order valence-electron chi connectivity index (χ3n) is 5.17. The summed E-state index contributed by atoms with van der Waals surface area (Å²) in [6.45, 7) is 3.52. The van der Waals surface area contributed by atoms with Crippen molar-refractivity contribution in [1.82, 2.24) is 0 Å². The fourth-order valence-corrected chi connectivity index (χ4v) is 6.41. The Kier molecular flexibility index (Phi) is 4.05. The smallest absolute Gasteiger partial charge is 0.309 e. The van der Waals surface area contributed by atoms with Crippen molar-refractivity contribution >= 4 is 23.7 Å². The Hall–Kier alpha value is -1.34. The number of sulfone groups is 1. The van der Waals surface area contributed by atoms with Crippen molar-refractivity contribution in [3.05, 3.63) is 35.9 Å². The molecule has 0 aliphatic carbocycles. The Morgan fingerprint density at radius 1 is 1.30 bits per heavy atom. The molecule has 2 aliphatic rings. The second-order valence-electron chi connectivity index (χ2n) is 6.35. The lowest BCUT2D eigenvalue weighted by Gasteiger charge is -2.35. The summed E-state index contributed by atoms with van der Waals surface area (Å²) < 4.78 is 35.9. The second-order valence-corrected chi connectivity index (χ2v) is 8.77. The zero-order valence-corrected chi connectivity index (χ0v) is 14.0. The first-order chi connectivity index (χ1) is 10.8. The van der Waals surface area contributed by atoms with Gasteiger partial charge in [0.05, 0.1) is 22.5 Å². The van der Waals surface area contributed by atoms with E-state index in [0.717, 1.165) is 5.56 Å². The largest absolute Gasteiger partial charge is 0.461 e. The van der Waals surface area contributed by atoms with E-state index in [1.165, 1.54) is 0 Å². The molecule has 0 N–H and O–H groups in total. The van der Waals surface area contributed by atoms with Crippen molar-refractivity contribution in [3.8, 4) is 0 Å². The molecule has 0 saturated carbocycles. The number of fused-ring (bicyclic) bond motifs is 2. The van der Waals surface area contributed by atoms with Gasteiger partial charge in [0.1, 0.15) is 14.5 Å². The van der Waals surface area contributed by atoms with Crippen LogP contribution < -0.4 is 0 Å². The zero-order chi connectivity index (χ0) is 16.8. The minimum absolute atomic E-state index is 0.106. The van der Waals surface area contributed by atoms with Crippen molar-refractivity contribution in [2.45, 2.75) is 49.0 Å². The van der Waals surface area contributed by atoms with Gasteiger partial charge in [-0.15, -0.1) is 0 Å². The van der Waals surface area contributed by atoms with Gasteiger partial charge in [-0.3, -0.25) is 4.79 Å². The Morgan fingerprint density at radius 3 is 2.57 bits per heavy atom. The van der Waals surface area contributed by atoms with Gasteiger partial charge < -0.3 is 9.47 Å². The molecule has 2 fully saturated rings. The van der Waals surface area contributed by atoms with E-state index in [1.54, 1.807) is 13.8 Å². The quantitative estimate of drug-likeness (QED) is 0.611. The van der Waals surface area contributed by atoms with E-state index in [2.05, 4.69) is 0 Å². The van der Waals surface area contributed by atoms with Crippen LogP contribution in [0.25, 0.3) is 0 Å². The molecule has 2 saturated heterocycles. The SMILES string of the molecule is [B][C@@H]1O[C@]2(CC(=O)OCc3ccccc3)C(C)[C@@H]1S(=O)(=O)[C@H]2C. The molecule has 5 atom stereocenters. The number of benzene rings is 1. The minimum Gasteiger partial charge on any atom is -0.461 e. The van der Waals surface area contributed by atoms with Gasteiger partial charge in [0, 0.05) is 11.9 Å². The first kappa shape index (κ1) is 16.5. The van der Waals surface area contributed by atoms with E-state index in [4.69, 9.17) is 17.3 Å². The Bertz CT molecular complexity index is 704. The molecule has 1 unspecified atom stereocenters. The van der Waals surface area contributed by atoms with Gasteiger partial charge in [-0.1, -0.05) is 37.3 Å². The summed E-state index contributed by atoms with van der Waals surface area (Å²) in [5.74, 6) is -0.806. The average molecular weight is 334 g/mol. The maximum atomic E-state index is 12.4. The van der Waals surface area contributed by atoms with Gasteiger partial charge in [-0.25, -0.2) is 8.42 Å². The van der Waals surface area contributed by atoms with Gasteiger partial charge in [-0.2, -0.15) is 0 Å². The van der Waals surface area contributed by atoms with E-state index in [-0.39, 0.29) is 18.9 Å². The summed E-state index contributed by atoms with van der Waals surface area (Å²) in [5.41, 5.74) is -0.211. The molecule has 122 valence electrons. The van der Waals surface area contributed by atoms with Crippen molar-refractivity contribution < 1.29 is 22.7 Å². The molecule has 2 aliphatic heterocycles. The van der Waals surface area contributed by atoms with Crippen LogP contribution in [0.1, 0.15) is 25.8 Å². The molecular weight excluding hydrogens is 315 g/mol. The highest BCUT2D eigenvalue weighted by Crippen LogP contribution is 2.53. The summed E-state index contributed by atoms with van der Waals surface area (Å²) in [5, 5.41) is -1.52. The van der Waals surface area contributed by atoms with Crippen LogP contribution in [0.4, 0.5) is 0 Å². The summed E-state index contributed by atoms with van der Waals surface area (Å²) in [6.07, 6.45) is -0.106. The number of hydrogen-bond donors (Lipinski definition) is 0. The Labute approximate surface area is 137 Å². The normalized spacial score (nSPS) is 37.7. The predicted octanol–water partition coefficient (Wildman–Crippen LogP) is 1.21. The lowest BCUT2D eigenvalue weighted by molar-refractivity contribution is -0.153. The van der Waals surface area contributed by atoms with Gasteiger partial charge in [0.2, 0.25) is 0 Å². The molecule has 0 aromatic heterocycles. The van der Waals surface area contributed by atoms with E-state index >= 15 is 0 Å². The van der Waals surface area contributed by atoms with Crippen LogP contribution in [-0.4, -0.2) is 44.3 Å². The first-order valence-corrected chi connectivity index (χ1v) is 9.25. The number of hydrogen-bond acceptors (Lipinski definition) is 5.